The molecule has 0 spiro atoms. The SMILES string of the molecule is Oc1cnccc1-c1nc(-c2ccc(F)c(F)c2)no1. The van der Waals surface area contributed by atoms with E-state index in [0.29, 0.717) is 5.56 Å². The highest BCUT2D eigenvalue weighted by molar-refractivity contribution is 5.63. The molecule has 0 bridgehead atoms. The Morgan fingerprint density at radius 1 is 1.10 bits per heavy atom. The third-order valence-electron chi connectivity index (χ3n) is 2.63. The van der Waals surface area contributed by atoms with Gasteiger partial charge in [-0.05, 0) is 24.3 Å². The Morgan fingerprint density at radius 2 is 1.95 bits per heavy atom. The van der Waals surface area contributed by atoms with Crippen LogP contribution in [0.25, 0.3) is 22.8 Å². The van der Waals surface area contributed by atoms with E-state index in [4.69, 9.17) is 4.52 Å². The van der Waals surface area contributed by atoms with Gasteiger partial charge in [0.1, 0.15) is 5.75 Å². The molecule has 1 N–H and O–H groups in total. The first-order valence-electron chi connectivity index (χ1n) is 5.57. The molecule has 2 heterocycles. The van der Waals surface area contributed by atoms with Crippen LogP contribution in [0.4, 0.5) is 8.78 Å². The molecule has 3 rings (SSSR count). The van der Waals surface area contributed by atoms with E-state index >= 15 is 0 Å². The molecule has 5 nitrogen and oxygen atoms in total. The average Bonchev–Trinajstić information content (AvgIpc) is 2.92. The third-order valence-corrected chi connectivity index (χ3v) is 2.63. The Bertz CT molecular complexity index is 774. The van der Waals surface area contributed by atoms with Crippen molar-refractivity contribution in [1.29, 1.82) is 0 Å². The lowest BCUT2D eigenvalue weighted by Gasteiger charge is -1.96. The quantitative estimate of drug-likeness (QED) is 0.778. The number of hydrogen-bond acceptors (Lipinski definition) is 5. The van der Waals surface area contributed by atoms with Crippen molar-refractivity contribution in [3.05, 3.63) is 48.3 Å². The molecule has 20 heavy (non-hydrogen) atoms. The summed E-state index contributed by atoms with van der Waals surface area (Å²) >= 11 is 0. The Balaban J connectivity index is 2.02. The van der Waals surface area contributed by atoms with Gasteiger partial charge in [-0.1, -0.05) is 5.16 Å². The van der Waals surface area contributed by atoms with Crippen LogP contribution in [-0.4, -0.2) is 20.2 Å². The van der Waals surface area contributed by atoms with Crippen LogP contribution in [0.2, 0.25) is 0 Å². The van der Waals surface area contributed by atoms with E-state index in [1.807, 2.05) is 0 Å². The maximum absolute atomic E-state index is 13.1. The highest BCUT2D eigenvalue weighted by atomic mass is 19.2. The van der Waals surface area contributed by atoms with E-state index in [0.717, 1.165) is 12.1 Å². The molecular weight excluding hydrogens is 268 g/mol. The van der Waals surface area contributed by atoms with Crippen molar-refractivity contribution in [2.75, 3.05) is 0 Å². The Morgan fingerprint density at radius 3 is 2.70 bits per heavy atom. The second kappa shape index (κ2) is 4.69. The molecule has 0 saturated heterocycles. The fourth-order valence-corrected chi connectivity index (χ4v) is 1.65. The molecule has 0 fully saturated rings. The summed E-state index contributed by atoms with van der Waals surface area (Å²) in [6.45, 7) is 0. The lowest BCUT2D eigenvalue weighted by molar-refractivity contribution is 0.425. The number of nitrogens with zero attached hydrogens (tertiary/aromatic N) is 3. The van der Waals surface area contributed by atoms with Crippen molar-refractivity contribution < 1.29 is 18.4 Å². The van der Waals surface area contributed by atoms with Gasteiger partial charge in [0.15, 0.2) is 11.6 Å². The van der Waals surface area contributed by atoms with Crippen LogP contribution in [-0.2, 0) is 0 Å². The van der Waals surface area contributed by atoms with Crippen LogP contribution in [0.3, 0.4) is 0 Å². The van der Waals surface area contributed by atoms with E-state index < -0.39 is 11.6 Å². The zero-order valence-corrected chi connectivity index (χ0v) is 9.92. The van der Waals surface area contributed by atoms with Crippen molar-refractivity contribution in [2.45, 2.75) is 0 Å². The molecular formula is C13H7F2N3O2. The van der Waals surface area contributed by atoms with Gasteiger partial charge in [-0.25, -0.2) is 8.78 Å². The molecule has 2 aromatic heterocycles. The monoisotopic (exact) mass is 275 g/mol. The first-order chi connectivity index (χ1) is 9.65. The summed E-state index contributed by atoms with van der Waals surface area (Å²) in [6.07, 6.45) is 2.69. The summed E-state index contributed by atoms with van der Waals surface area (Å²) in [5.74, 6) is -1.92. The number of rotatable bonds is 2. The second-order valence-electron chi connectivity index (χ2n) is 3.94. The topological polar surface area (TPSA) is 72.0 Å². The highest BCUT2D eigenvalue weighted by Gasteiger charge is 2.15. The summed E-state index contributed by atoms with van der Waals surface area (Å²) in [7, 11) is 0. The van der Waals surface area contributed by atoms with Gasteiger partial charge in [0.05, 0.1) is 11.8 Å². The van der Waals surface area contributed by atoms with Crippen LogP contribution in [0.15, 0.2) is 41.2 Å². The zero-order valence-electron chi connectivity index (χ0n) is 9.92. The van der Waals surface area contributed by atoms with Gasteiger partial charge in [0.25, 0.3) is 5.89 Å². The fourth-order valence-electron chi connectivity index (χ4n) is 1.65. The van der Waals surface area contributed by atoms with Gasteiger partial charge in [-0.2, -0.15) is 4.98 Å². The molecule has 0 unspecified atom stereocenters. The number of pyridine rings is 1. The summed E-state index contributed by atoms with van der Waals surface area (Å²) in [5, 5.41) is 13.3. The predicted octanol–water partition coefficient (Wildman–Crippen LogP) is 2.78. The summed E-state index contributed by atoms with van der Waals surface area (Å²) in [6, 6.07) is 4.78. The molecule has 0 radical (unpaired) electrons. The van der Waals surface area contributed by atoms with Crippen LogP contribution in [0, 0.1) is 11.6 Å². The van der Waals surface area contributed by atoms with Crippen molar-refractivity contribution in [2.24, 2.45) is 0 Å². The van der Waals surface area contributed by atoms with Gasteiger partial charge in [0.2, 0.25) is 5.82 Å². The number of benzene rings is 1. The molecule has 0 aliphatic heterocycles. The lowest BCUT2D eigenvalue weighted by atomic mass is 10.2. The second-order valence-corrected chi connectivity index (χ2v) is 3.94. The van der Waals surface area contributed by atoms with Gasteiger partial charge in [-0.15, -0.1) is 0 Å². The number of halogens is 2. The van der Waals surface area contributed by atoms with Crippen molar-refractivity contribution in [1.82, 2.24) is 15.1 Å². The molecule has 0 aliphatic carbocycles. The van der Waals surface area contributed by atoms with Crippen molar-refractivity contribution in [3.63, 3.8) is 0 Å². The normalized spacial score (nSPS) is 10.7. The van der Waals surface area contributed by atoms with Gasteiger partial charge >= 0.3 is 0 Å². The van der Waals surface area contributed by atoms with E-state index in [1.54, 1.807) is 0 Å². The molecule has 7 heteroatoms. The predicted molar refractivity (Wildman–Crippen MR) is 64.5 cm³/mol. The number of aromatic hydroxyl groups is 1. The maximum atomic E-state index is 13.1. The number of hydrogen-bond donors (Lipinski definition) is 1. The molecule has 0 amide bonds. The fraction of sp³-hybridized carbons (Fsp3) is 0. The van der Waals surface area contributed by atoms with Crippen molar-refractivity contribution in [3.8, 4) is 28.6 Å². The molecule has 3 aromatic rings. The molecule has 100 valence electrons. The van der Waals surface area contributed by atoms with Crippen LogP contribution in [0.5, 0.6) is 5.75 Å². The third kappa shape index (κ3) is 2.09. The van der Waals surface area contributed by atoms with Gasteiger partial charge in [0, 0.05) is 11.8 Å². The minimum Gasteiger partial charge on any atom is -0.505 e. The molecule has 0 saturated carbocycles. The molecule has 0 atom stereocenters. The average molecular weight is 275 g/mol. The van der Waals surface area contributed by atoms with Crippen LogP contribution >= 0.6 is 0 Å². The summed E-state index contributed by atoms with van der Waals surface area (Å²) < 4.78 is 31.0. The first kappa shape index (κ1) is 12.2. The molecule has 1 aromatic carbocycles. The minimum atomic E-state index is -0.999. The Hall–Kier alpha value is -2.83. The summed E-state index contributed by atoms with van der Waals surface area (Å²) in [4.78, 5) is 7.75. The van der Waals surface area contributed by atoms with E-state index in [9.17, 15) is 13.9 Å². The lowest BCUT2D eigenvalue weighted by Crippen LogP contribution is -1.87. The largest absolute Gasteiger partial charge is 0.505 e. The van der Waals surface area contributed by atoms with Crippen molar-refractivity contribution >= 4 is 0 Å². The zero-order chi connectivity index (χ0) is 14.1. The standard InChI is InChI=1S/C13H7F2N3O2/c14-9-2-1-7(5-10(9)15)12-17-13(20-18-12)8-3-4-16-6-11(8)19/h1-6,19H. The smallest absolute Gasteiger partial charge is 0.262 e. The number of aromatic nitrogens is 3. The van der Waals surface area contributed by atoms with Gasteiger partial charge in [-0.3, -0.25) is 4.98 Å². The van der Waals surface area contributed by atoms with Crippen LogP contribution in [0.1, 0.15) is 0 Å². The first-order valence-corrected chi connectivity index (χ1v) is 5.57. The highest BCUT2D eigenvalue weighted by Crippen LogP contribution is 2.28. The van der Waals surface area contributed by atoms with Crippen LogP contribution < -0.4 is 0 Å². The minimum absolute atomic E-state index is 0.0598. The summed E-state index contributed by atoms with van der Waals surface area (Å²) in [5.41, 5.74) is 0.578. The van der Waals surface area contributed by atoms with E-state index in [-0.39, 0.29) is 23.0 Å². The Kier molecular flexibility index (Phi) is 2.86. The Labute approximate surface area is 111 Å². The molecule has 0 aliphatic rings. The van der Waals surface area contributed by atoms with E-state index in [2.05, 4.69) is 15.1 Å². The maximum Gasteiger partial charge on any atom is 0.262 e. The van der Waals surface area contributed by atoms with Gasteiger partial charge < -0.3 is 9.63 Å². The van der Waals surface area contributed by atoms with E-state index in [1.165, 1.54) is 24.5 Å².